The zero-order valence-electron chi connectivity index (χ0n) is 10.5. The minimum Gasteiger partial charge on any atom is -0.352 e. The van der Waals surface area contributed by atoms with Gasteiger partial charge >= 0.3 is 0 Å². The first kappa shape index (κ1) is 13.7. The third-order valence-electron chi connectivity index (χ3n) is 2.86. The van der Waals surface area contributed by atoms with Crippen LogP contribution in [0.5, 0.6) is 0 Å². The van der Waals surface area contributed by atoms with Gasteiger partial charge in [0.25, 0.3) is 0 Å². The molecule has 0 saturated carbocycles. The largest absolute Gasteiger partial charge is 0.352 e. The summed E-state index contributed by atoms with van der Waals surface area (Å²) in [4.78, 5) is 11.6. The van der Waals surface area contributed by atoms with Crippen LogP contribution in [0.25, 0.3) is 0 Å². The number of nitrogens with two attached hydrogens (primary N) is 1. The van der Waals surface area contributed by atoms with Crippen LogP contribution in [0.4, 0.5) is 0 Å². The highest BCUT2D eigenvalue weighted by molar-refractivity contribution is 5.75. The van der Waals surface area contributed by atoms with Crippen molar-refractivity contribution in [3.05, 3.63) is 35.9 Å². The Hall–Kier alpha value is -1.35. The minimum absolute atomic E-state index is 0.123. The maximum absolute atomic E-state index is 11.6. The van der Waals surface area contributed by atoms with Crippen LogP contribution < -0.4 is 11.1 Å². The van der Waals surface area contributed by atoms with Crippen LogP contribution >= 0.6 is 0 Å². The molecule has 0 heterocycles. The highest BCUT2D eigenvalue weighted by Crippen LogP contribution is 2.08. The first-order chi connectivity index (χ1) is 8.22. The van der Waals surface area contributed by atoms with E-state index in [9.17, 15) is 4.79 Å². The summed E-state index contributed by atoms with van der Waals surface area (Å²) >= 11 is 0. The minimum atomic E-state index is 0.123. The average molecular weight is 234 g/mol. The molecule has 0 spiro atoms. The van der Waals surface area contributed by atoms with E-state index in [4.69, 9.17) is 5.73 Å². The van der Waals surface area contributed by atoms with Crippen molar-refractivity contribution in [1.29, 1.82) is 0 Å². The molecule has 0 aliphatic rings. The number of amides is 1. The SMILES string of the molecule is CC(CCN)CCC(=O)NCc1ccccc1. The Morgan fingerprint density at radius 2 is 2.00 bits per heavy atom. The van der Waals surface area contributed by atoms with E-state index in [1.807, 2.05) is 30.3 Å². The van der Waals surface area contributed by atoms with Crippen molar-refractivity contribution in [2.24, 2.45) is 11.7 Å². The summed E-state index contributed by atoms with van der Waals surface area (Å²) in [5, 5.41) is 2.93. The third-order valence-corrected chi connectivity index (χ3v) is 2.86. The van der Waals surface area contributed by atoms with Crippen LogP contribution in [0, 0.1) is 5.92 Å². The molecule has 1 aromatic rings. The van der Waals surface area contributed by atoms with Gasteiger partial charge in [0.15, 0.2) is 0 Å². The van der Waals surface area contributed by atoms with E-state index in [-0.39, 0.29) is 5.91 Å². The molecule has 1 atom stereocenters. The Morgan fingerprint density at radius 1 is 1.29 bits per heavy atom. The Kier molecular flexibility index (Phi) is 6.33. The van der Waals surface area contributed by atoms with E-state index < -0.39 is 0 Å². The summed E-state index contributed by atoms with van der Waals surface area (Å²) in [5.74, 6) is 0.653. The molecule has 0 aromatic heterocycles. The van der Waals surface area contributed by atoms with E-state index in [0.717, 1.165) is 18.4 Å². The maximum Gasteiger partial charge on any atom is 0.220 e. The smallest absolute Gasteiger partial charge is 0.220 e. The summed E-state index contributed by atoms with van der Waals surface area (Å²) in [5.41, 5.74) is 6.60. The molecular weight excluding hydrogens is 212 g/mol. The van der Waals surface area contributed by atoms with Crippen molar-refractivity contribution < 1.29 is 4.79 Å². The molecule has 3 nitrogen and oxygen atoms in total. The third kappa shape index (κ3) is 6.07. The second-order valence-corrected chi connectivity index (χ2v) is 4.48. The van der Waals surface area contributed by atoms with Gasteiger partial charge in [-0.05, 0) is 30.9 Å². The fourth-order valence-electron chi connectivity index (χ4n) is 1.69. The van der Waals surface area contributed by atoms with Gasteiger partial charge in [0, 0.05) is 13.0 Å². The Bertz CT molecular complexity index is 324. The van der Waals surface area contributed by atoms with Crippen molar-refractivity contribution in [3.8, 4) is 0 Å². The monoisotopic (exact) mass is 234 g/mol. The molecule has 17 heavy (non-hydrogen) atoms. The lowest BCUT2D eigenvalue weighted by Crippen LogP contribution is -2.23. The average Bonchev–Trinajstić information content (AvgIpc) is 2.35. The molecule has 1 amide bonds. The Labute approximate surface area is 103 Å². The predicted octanol–water partition coefficient (Wildman–Crippen LogP) is 2.07. The van der Waals surface area contributed by atoms with Crippen LogP contribution in [0.3, 0.4) is 0 Å². The first-order valence-corrected chi connectivity index (χ1v) is 6.23. The van der Waals surface area contributed by atoms with Gasteiger partial charge in [-0.25, -0.2) is 0 Å². The topological polar surface area (TPSA) is 55.1 Å². The van der Waals surface area contributed by atoms with E-state index in [0.29, 0.717) is 25.4 Å². The van der Waals surface area contributed by atoms with Crippen LogP contribution in [0.2, 0.25) is 0 Å². The van der Waals surface area contributed by atoms with Gasteiger partial charge in [0.2, 0.25) is 5.91 Å². The Balaban J connectivity index is 2.17. The molecule has 3 heteroatoms. The molecule has 1 rings (SSSR count). The summed E-state index contributed by atoms with van der Waals surface area (Å²) in [6, 6.07) is 9.95. The summed E-state index contributed by atoms with van der Waals surface area (Å²) in [6.45, 7) is 3.45. The van der Waals surface area contributed by atoms with Gasteiger partial charge in [0.05, 0.1) is 0 Å². The van der Waals surface area contributed by atoms with Gasteiger partial charge < -0.3 is 11.1 Å². The standard InChI is InChI=1S/C14H22N2O/c1-12(9-10-15)7-8-14(17)16-11-13-5-3-2-4-6-13/h2-6,12H,7-11,15H2,1H3,(H,16,17). The number of hydrogen-bond acceptors (Lipinski definition) is 2. The molecule has 0 aliphatic heterocycles. The van der Waals surface area contributed by atoms with E-state index in [1.54, 1.807) is 0 Å². The molecule has 0 radical (unpaired) electrons. The zero-order valence-corrected chi connectivity index (χ0v) is 10.5. The van der Waals surface area contributed by atoms with Crippen molar-refractivity contribution in [2.45, 2.75) is 32.7 Å². The quantitative estimate of drug-likeness (QED) is 0.759. The predicted molar refractivity (Wildman–Crippen MR) is 70.4 cm³/mol. The van der Waals surface area contributed by atoms with Gasteiger partial charge in [-0.3, -0.25) is 4.79 Å². The number of benzene rings is 1. The Morgan fingerprint density at radius 3 is 2.65 bits per heavy atom. The summed E-state index contributed by atoms with van der Waals surface area (Å²) in [6.07, 6.45) is 2.50. The molecule has 0 fully saturated rings. The lowest BCUT2D eigenvalue weighted by molar-refractivity contribution is -0.121. The highest BCUT2D eigenvalue weighted by Gasteiger charge is 2.05. The highest BCUT2D eigenvalue weighted by atomic mass is 16.1. The van der Waals surface area contributed by atoms with Crippen molar-refractivity contribution >= 4 is 5.91 Å². The second kappa shape index (κ2) is 7.85. The molecule has 0 saturated heterocycles. The van der Waals surface area contributed by atoms with E-state index in [1.165, 1.54) is 0 Å². The van der Waals surface area contributed by atoms with Gasteiger partial charge in [-0.1, -0.05) is 37.3 Å². The number of carbonyl (C=O) groups is 1. The van der Waals surface area contributed by atoms with Gasteiger partial charge in [0.1, 0.15) is 0 Å². The van der Waals surface area contributed by atoms with Crippen molar-refractivity contribution in [1.82, 2.24) is 5.32 Å². The number of nitrogens with one attached hydrogen (secondary N) is 1. The first-order valence-electron chi connectivity index (χ1n) is 6.23. The van der Waals surface area contributed by atoms with E-state index >= 15 is 0 Å². The zero-order chi connectivity index (χ0) is 12.5. The van der Waals surface area contributed by atoms with Crippen molar-refractivity contribution in [3.63, 3.8) is 0 Å². The van der Waals surface area contributed by atoms with Crippen LogP contribution in [-0.2, 0) is 11.3 Å². The fourth-order valence-corrected chi connectivity index (χ4v) is 1.69. The molecule has 0 aliphatic carbocycles. The van der Waals surface area contributed by atoms with Gasteiger partial charge in [-0.2, -0.15) is 0 Å². The normalized spacial score (nSPS) is 12.1. The maximum atomic E-state index is 11.6. The van der Waals surface area contributed by atoms with Gasteiger partial charge in [-0.15, -0.1) is 0 Å². The lowest BCUT2D eigenvalue weighted by Gasteiger charge is -2.09. The fraction of sp³-hybridized carbons (Fsp3) is 0.500. The number of hydrogen-bond donors (Lipinski definition) is 2. The molecule has 1 aromatic carbocycles. The number of rotatable bonds is 7. The second-order valence-electron chi connectivity index (χ2n) is 4.48. The van der Waals surface area contributed by atoms with Crippen LogP contribution in [-0.4, -0.2) is 12.5 Å². The van der Waals surface area contributed by atoms with E-state index in [2.05, 4.69) is 12.2 Å². The van der Waals surface area contributed by atoms with Crippen LogP contribution in [0.15, 0.2) is 30.3 Å². The van der Waals surface area contributed by atoms with Crippen molar-refractivity contribution in [2.75, 3.05) is 6.54 Å². The molecule has 94 valence electrons. The molecule has 3 N–H and O–H groups in total. The summed E-state index contributed by atoms with van der Waals surface area (Å²) in [7, 11) is 0. The number of carbonyl (C=O) groups excluding carboxylic acids is 1. The summed E-state index contributed by atoms with van der Waals surface area (Å²) < 4.78 is 0. The molecule has 0 bridgehead atoms. The molecule has 1 unspecified atom stereocenters. The van der Waals surface area contributed by atoms with Crippen LogP contribution in [0.1, 0.15) is 31.7 Å². The molecular formula is C14H22N2O. The lowest BCUT2D eigenvalue weighted by atomic mass is 10.0.